The number of thiazole rings is 1. The summed E-state index contributed by atoms with van der Waals surface area (Å²) in [5, 5.41) is 7.11. The van der Waals surface area contributed by atoms with Crippen LogP contribution in [0.4, 0.5) is 5.13 Å². The lowest BCUT2D eigenvalue weighted by Gasteiger charge is -2.25. The molecule has 1 aromatic heterocycles. The zero-order chi connectivity index (χ0) is 19.3. The van der Waals surface area contributed by atoms with Crippen LogP contribution in [0.1, 0.15) is 60.1 Å². The third-order valence-corrected chi connectivity index (χ3v) is 4.44. The van der Waals surface area contributed by atoms with Gasteiger partial charge in [0.1, 0.15) is 5.41 Å². The predicted octanol–water partition coefficient (Wildman–Crippen LogP) is 2.62. The molecule has 0 fully saturated rings. The van der Waals surface area contributed by atoms with Gasteiger partial charge in [0.2, 0.25) is 0 Å². The van der Waals surface area contributed by atoms with Gasteiger partial charge in [0.25, 0.3) is 0 Å². The monoisotopic (exact) mass is 369 g/mol. The lowest BCUT2D eigenvalue weighted by atomic mass is 9.90. The molecule has 0 saturated heterocycles. The van der Waals surface area contributed by atoms with Crippen molar-refractivity contribution < 1.29 is 19.1 Å². The van der Waals surface area contributed by atoms with E-state index in [1.54, 1.807) is 26.2 Å². The first-order chi connectivity index (χ1) is 11.5. The molecule has 0 aliphatic rings. The van der Waals surface area contributed by atoms with Crippen LogP contribution >= 0.6 is 11.3 Å². The summed E-state index contributed by atoms with van der Waals surface area (Å²) in [5.74, 6) is -1.88. The maximum absolute atomic E-state index is 12.0. The first kappa shape index (κ1) is 21.1. The zero-order valence-corrected chi connectivity index (χ0v) is 16.5. The maximum Gasteiger partial charge on any atom is 0.317 e. The molecule has 0 saturated carbocycles. The third kappa shape index (κ3) is 5.81. The Morgan fingerprint density at radius 3 is 2.36 bits per heavy atom. The summed E-state index contributed by atoms with van der Waals surface area (Å²) in [4.78, 5) is 40.3. The van der Waals surface area contributed by atoms with Crippen molar-refractivity contribution >= 4 is 34.3 Å². The number of aromatic nitrogens is 1. The molecule has 8 heteroatoms. The van der Waals surface area contributed by atoms with E-state index in [0.29, 0.717) is 5.69 Å². The maximum atomic E-state index is 12.0. The Balaban J connectivity index is 2.76. The highest BCUT2D eigenvalue weighted by Gasteiger charge is 2.34. The van der Waals surface area contributed by atoms with Crippen LogP contribution in [0.15, 0.2) is 5.38 Å². The summed E-state index contributed by atoms with van der Waals surface area (Å²) < 4.78 is 5.04. The van der Waals surface area contributed by atoms with Gasteiger partial charge in [-0.05, 0) is 41.0 Å². The number of ether oxygens (including phenoxy) is 1. The van der Waals surface area contributed by atoms with E-state index in [1.165, 1.54) is 0 Å². The highest BCUT2D eigenvalue weighted by Crippen LogP contribution is 2.28. The van der Waals surface area contributed by atoms with Gasteiger partial charge in [-0.1, -0.05) is 13.3 Å². The largest absolute Gasteiger partial charge is 0.465 e. The summed E-state index contributed by atoms with van der Waals surface area (Å²) in [6.07, 6.45) is 1.66. The summed E-state index contributed by atoms with van der Waals surface area (Å²) in [6.45, 7) is 11.2. The Morgan fingerprint density at radius 2 is 1.80 bits per heavy atom. The quantitative estimate of drug-likeness (QED) is 0.569. The smallest absolute Gasteiger partial charge is 0.317 e. The minimum atomic E-state index is -0.930. The van der Waals surface area contributed by atoms with Gasteiger partial charge in [-0.15, -0.1) is 11.3 Å². The van der Waals surface area contributed by atoms with Crippen LogP contribution in [-0.4, -0.2) is 34.9 Å². The number of carbonyl (C=O) groups is 3. The van der Waals surface area contributed by atoms with Crippen LogP contribution in [0.3, 0.4) is 0 Å². The second-order valence-corrected chi connectivity index (χ2v) is 7.78. The van der Waals surface area contributed by atoms with E-state index < -0.39 is 28.7 Å². The van der Waals surface area contributed by atoms with Gasteiger partial charge in [0.15, 0.2) is 5.13 Å². The molecular formula is C17H27N3O4S. The van der Waals surface area contributed by atoms with Crippen LogP contribution < -0.4 is 10.6 Å². The minimum Gasteiger partial charge on any atom is -0.465 e. The fourth-order valence-electron chi connectivity index (χ4n) is 2.24. The molecule has 7 nitrogen and oxygen atoms in total. The number of anilines is 1. The van der Waals surface area contributed by atoms with Gasteiger partial charge in [-0.3, -0.25) is 19.7 Å². The summed E-state index contributed by atoms with van der Waals surface area (Å²) in [6, 6.07) is 0. The average Bonchev–Trinajstić information content (AvgIpc) is 2.96. The van der Waals surface area contributed by atoms with Crippen molar-refractivity contribution in [1.29, 1.82) is 0 Å². The van der Waals surface area contributed by atoms with Gasteiger partial charge in [-0.2, -0.15) is 0 Å². The number of nitrogens with zero attached hydrogens (tertiary/aromatic N) is 1. The van der Waals surface area contributed by atoms with Crippen LogP contribution in [0.2, 0.25) is 0 Å². The highest BCUT2D eigenvalue weighted by molar-refractivity contribution is 7.14. The van der Waals surface area contributed by atoms with Crippen molar-refractivity contribution in [2.24, 2.45) is 0 Å². The summed E-state index contributed by atoms with van der Waals surface area (Å²) >= 11 is 1.16. The van der Waals surface area contributed by atoms with Crippen LogP contribution in [0, 0.1) is 0 Å². The normalized spacial score (nSPS) is 11.8. The first-order valence-corrected chi connectivity index (χ1v) is 9.18. The van der Waals surface area contributed by atoms with E-state index in [9.17, 15) is 14.4 Å². The Hall–Kier alpha value is -1.96. The van der Waals surface area contributed by atoms with Gasteiger partial charge in [0, 0.05) is 10.9 Å². The Morgan fingerprint density at radius 1 is 1.16 bits per heavy atom. The van der Waals surface area contributed by atoms with E-state index in [0.717, 1.165) is 24.2 Å². The molecule has 25 heavy (non-hydrogen) atoms. The van der Waals surface area contributed by atoms with Crippen molar-refractivity contribution in [3.63, 3.8) is 0 Å². The van der Waals surface area contributed by atoms with Crippen molar-refractivity contribution in [2.75, 3.05) is 11.9 Å². The number of amides is 2. The molecule has 140 valence electrons. The Kier molecular flexibility index (Phi) is 7.10. The molecule has 2 N–H and O–H groups in total. The molecule has 1 rings (SSSR count). The topological polar surface area (TPSA) is 97.4 Å². The molecule has 1 aromatic rings. The molecule has 0 aromatic carbocycles. The van der Waals surface area contributed by atoms with E-state index in [4.69, 9.17) is 4.74 Å². The summed E-state index contributed by atoms with van der Waals surface area (Å²) in [7, 11) is 0. The van der Waals surface area contributed by atoms with Gasteiger partial charge in [0.05, 0.1) is 12.3 Å². The van der Waals surface area contributed by atoms with Crippen LogP contribution in [0.5, 0.6) is 0 Å². The first-order valence-electron chi connectivity index (χ1n) is 8.30. The lowest BCUT2D eigenvalue weighted by molar-refractivity contribution is -0.148. The molecular weight excluding hydrogens is 342 g/mol. The van der Waals surface area contributed by atoms with Crippen molar-refractivity contribution in [1.82, 2.24) is 10.3 Å². The molecule has 1 heterocycles. The Bertz CT molecular complexity index is 638. The number of hydrogen-bond acceptors (Lipinski definition) is 6. The van der Waals surface area contributed by atoms with Gasteiger partial charge < -0.3 is 10.1 Å². The Labute approximate surface area is 152 Å². The van der Waals surface area contributed by atoms with Crippen molar-refractivity contribution in [3.05, 3.63) is 11.1 Å². The lowest BCUT2D eigenvalue weighted by Crippen LogP contribution is -2.48. The third-order valence-electron chi connectivity index (χ3n) is 3.68. The van der Waals surface area contributed by atoms with Gasteiger partial charge in [-0.25, -0.2) is 4.98 Å². The molecule has 2 amide bonds. The molecule has 0 aliphatic heterocycles. The summed E-state index contributed by atoms with van der Waals surface area (Å²) in [5.41, 5.74) is -0.901. The van der Waals surface area contributed by atoms with E-state index in [-0.39, 0.29) is 11.7 Å². The van der Waals surface area contributed by atoms with E-state index in [1.807, 2.05) is 20.8 Å². The van der Waals surface area contributed by atoms with Crippen molar-refractivity contribution in [3.8, 4) is 0 Å². The van der Waals surface area contributed by atoms with Crippen LogP contribution in [-0.2, 0) is 24.5 Å². The van der Waals surface area contributed by atoms with E-state index >= 15 is 0 Å². The second-order valence-electron chi connectivity index (χ2n) is 6.93. The standard InChI is InChI=1S/C17H27N3O4S/c1-7-9-16(3,4)20-13(22)12(21)19-15-18-11(10-25-15)17(5,6)14(23)24-8-2/h10H,7-9H2,1-6H3,(H,20,22)(H,18,19,21). The molecule has 0 atom stereocenters. The van der Waals surface area contributed by atoms with Crippen molar-refractivity contribution in [2.45, 2.75) is 65.3 Å². The zero-order valence-electron chi connectivity index (χ0n) is 15.7. The number of nitrogens with one attached hydrogen (secondary N) is 2. The molecule has 0 bridgehead atoms. The van der Waals surface area contributed by atoms with Crippen LogP contribution in [0.25, 0.3) is 0 Å². The molecule has 0 radical (unpaired) electrons. The van der Waals surface area contributed by atoms with E-state index in [2.05, 4.69) is 15.6 Å². The predicted molar refractivity (Wildman–Crippen MR) is 97.5 cm³/mol. The molecule has 0 aliphatic carbocycles. The minimum absolute atomic E-state index is 0.265. The molecule has 0 spiro atoms. The number of carbonyl (C=O) groups excluding carboxylic acids is 3. The SMILES string of the molecule is CCCC(C)(C)NC(=O)C(=O)Nc1nc(C(C)(C)C(=O)OCC)cs1. The molecule has 0 unspecified atom stereocenters. The van der Waals surface area contributed by atoms with Gasteiger partial charge >= 0.3 is 17.8 Å². The highest BCUT2D eigenvalue weighted by atomic mass is 32.1. The fourth-order valence-corrected chi connectivity index (χ4v) is 3.11. The number of hydrogen-bond donors (Lipinski definition) is 2. The average molecular weight is 369 g/mol. The number of rotatable bonds is 7. The second kappa shape index (κ2) is 8.42. The fraction of sp³-hybridized carbons (Fsp3) is 0.647. The number of esters is 1.